The summed E-state index contributed by atoms with van der Waals surface area (Å²) in [6.07, 6.45) is 7.07. The van der Waals surface area contributed by atoms with Crippen LogP contribution in [0.15, 0.2) is 48.5 Å². The number of carbonyl (C=O) groups is 2. The van der Waals surface area contributed by atoms with Gasteiger partial charge in [0.25, 0.3) is 0 Å². The van der Waals surface area contributed by atoms with E-state index in [9.17, 15) is 14.7 Å². The zero-order chi connectivity index (χ0) is 29.8. The third-order valence-electron chi connectivity index (χ3n) is 8.80. The molecule has 0 heterocycles. The molecule has 2 aromatic carbocycles. The Bertz CT molecular complexity index is 1160. The average Bonchev–Trinajstić information content (AvgIpc) is 3.53. The van der Waals surface area contributed by atoms with Crippen LogP contribution in [-0.2, 0) is 19.1 Å². The molecule has 0 aromatic heterocycles. The monoisotopic (exact) mass is 661 g/mol. The maximum atomic E-state index is 13.2. The quantitative estimate of drug-likeness (QED) is 0.228. The van der Waals surface area contributed by atoms with Gasteiger partial charge in [0.05, 0.1) is 5.41 Å². The van der Waals surface area contributed by atoms with E-state index in [-0.39, 0.29) is 86.8 Å². The molecule has 0 amide bonds. The molecule has 6 nitrogen and oxygen atoms in total. The van der Waals surface area contributed by atoms with Crippen LogP contribution in [-0.4, -0.2) is 35.4 Å². The molecule has 0 spiro atoms. The summed E-state index contributed by atoms with van der Waals surface area (Å²) in [5, 5.41) is 9.79. The van der Waals surface area contributed by atoms with Gasteiger partial charge in [0.15, 0.2) is 6.61 Å². The van der Waals surface area contributed by atoms with Crippen molar-refractivity contribution in [3.63, 3.8) is 0 Å². The third-order valence-corrected chi connectivity index (χ3v) is 8.80. The second-order valence-corrected chi connectivity index (χ2v) is 13.8. The first-order valence-electron chi connectivity index (χ1n) is 15.3. The molecule has 2 bridgehead atoms. The Morgan fingerprint density at radius 1 is 0.809 bits per heavy atom. The maximum absolute atomic E-state index is 13.2. The molecule has 272 valence electrons. The van der Waals surface area contributed by atoms with Gasteiger partial charge in [0.1, 0.15) is 23.2 Å². The molecule has 1 N–H and O–H groups in total. The number of aromatic hydroxyl groups is 1. The molecule has 0 radical (unpaired) electrons. The summed E-state index contributed by atoms with van der Waals surface area (Å²) in [6, 6.07) is 15.3. The van der Waals surface area contributed by atoms with E-state index in [0.717, 1.165) is 30.7 Å². The van der Waals surface area contributed by atoms with Crippen molar-refractivity contribution in [3.05, 3.63) is 59.7 Å². The lowest BCUT2D eigenvalue weighted by atomic mass is 9.74. The van der Waals surface area contributed by atoms with Gasteiger partial charge in [-0.15, -0.1) is 0 Å². The van der Waals surface area contributed by atoms with Crippen LogP contribution in [0, 0.1) is 17.3 Å². The minimum atomic E-state index is -0.691. The topological polar surface area (TPSA) is 82.1 Å². The largest absolute Gasteiger partial charge is 0.508 e. The predicted octanol–water partition coefficient (Wildman–Crippen LogP) is 11.7. The highest BCUT2D eigenvalue weighted by Crippen LogP contribution is 2.46. The zero-order valence-electron chi connectivity index (χ0n) is 25.7. The van der Waals surface area contributed by atoms with Crippen LogP contribution in [0.1, 0.15) is 154 Å². The summed E-state index contributed by atoms with van der Waals surface area (Å²) in [7, 11) is 0. The highest BCUT2D eigenvalue weighted by molar-refractivity contribution is 5.76. The third kappa shape index (κ3) is 13.6. The first-order chi connectivity index (χ1) is 19.3. The van der Waals surface area contributed by atoms with E-state index in [2.05, 4.69) is 6.92 Å². The van der Waals surface area contributed by atoms with Gasteiger partial charge in [-0.1, -0.05) is 75.7 Å². The lowest BCUT2D eigenvalue weighted by Gasteiger charge is -2.33. The number of phenols is 1. The van der Waals surface area contributed by atoms with E-state index in [1.807, 2.05) is 71.0 Å². The summed E-state index contributed by atoms with van der Waals surface area (Å²) < 4.78 is 17.3. The van der Waals surface area contributed by atoms with Gasteiger partial charge in [-0.25, -0.2) is 4.79 Å². The number of hydrogen-bond acceptors (Lipinski definition) is 6. The number of fused-ring (bicyclic) bond motifs is 2. The SMILES string of the molecule is C.C.C.C.C.C.CCC(CC(CC(C)(C)C(=O)OC(C)(C)C)c1ccc(OCC(=O)OC2CC3CCC2C3)cc1)c1ccc(O)cc1. The number of benzene rings is 2. The fourth-order valence-corrected chi connectivity index (χ4v) is 6.59. The summed E-state index contributed by atoms with van der Waals surface area (Å²) in [4.78, 5) is 25.6. The van der Waals surface area contributed by atoms with Crippen molar-refractivity contribution in [3.8, 4) is 11.5 Å². The fourth-order valence-electron chi connectivity index (χ4n) is 6.59. The van der Waals surface area contributed by atoms with Crippen molar-refractivity contribution in [2.45, 2.75) is 155 Å². The van der Waals surface area contributed by atoms with Crippen molar-refractivity contribution in [2.75, 3.05) is 6.61 Å². The molecule has 5 unspecified atom stereocenters. The zero-order valence-corrected chi connectivity index (χ0v) is 25.7. The van der Waals surface area contributed by atoms with Crippen LogP contribution in [0.5, 0.6) is 11.5 Å². The number of hydrogen-bond donors (Lipinski definition) is 1. The Hall–Kier alpha value is -3.02. The van der Waals surface area contributed by atoms with Crippen LogP contribution < -0.4 is 4.74 Å². The Morgan fingerprint density at radius 3 is 1.85 bits per heavy atom. The first-order valence-corrected chi connectivity index (χ1v) is 15.3. The van der Waals surface area contributed by atoms with Gasteiger partial charge in [-0.05, 0) is 139 Å². The summed E-state index contributed by atoms with van der Waals surface area (Å²) in [5.41, 5.74) is 1.03. The van der Waals surface area contributed by atoms with Gasteiger partial charge < -0.3 is 19.3 Å². The van der Waals surface area contributed by atoms with Gasteiger partial charge >= 0.3 is 11.9 Å². The predicted molar refractivity (Wildman–Crippen MR) is 200 cm³/mol. The van der Waals surface area contributed by atoms with Crippen molar-refractivity contribution >= 4 is 11.9 Å². The second-order valence-electron chi connectivity index (χ2n) is 13.8. The van der Waals surface area contributed by atoms with Crippen molar-refractivity contribution in [1.29, 1.82) is 0 Å². The van der Waals surface area contributed by atoms with Gasteiger partial charge in [0.2, 0.25) is 0 Å². The van der Waals surface area contributed by atoms with Crippen molar-refractivity contribution in [1.82, 2.24) is 0 Å². The molecule has 4 rings (SSSR count). The van der Waals surface area contributed by atoms with Crippen LogP contribution in [0.3, 0.4) is 0 Å². The van der Waals surface area contributed by atoms with Crippen LogP contribution in [0.2, 0.25) is 0 Å². The van der Waals surface area contributed by atoms with E-state index in [1.54, 1.807) is 12.1 Å². The smallest absolute Gasteiger partial charge is 0.344 e. The highest BCUT2D eigenvalue weighted by atomic mass is 16.6. The molecule has 2 fully saturated rings. The average molecular weight is 661 g/mol. The molecule has 6 heteroatoms. The Morgan fingerprint density at radius 2 is 1.36 bits per heavy atom. The molecule has 2 aromatic rings. The lowest BCUT2D eigenvalue weighted by Crippen LogP contribution is -2.35. The van der Waals surface area contributed by atoms with E-state index in [4.69, 9.17) is 14.2 Å². The number of esters is 2. The van der Waals surface area contributed by atoms with Crippen molar-refractivity contribution < 1.29 is 28.9 Å². The minimum Gasteiger partial charge on any atom is -0.508 e. The summed E-state index contributed by atoms with van der Waals surface area (Å²) >= 11 is 0. The van der Waals surface area contributed by atoms with E-state index >= 15 is 0 Å². The van der Waals surface area contributed by atoms with Crippen LogP contribution >= 0.6 is 0 Å². The highest BCUT2D eigenvalue weighted by Gasteiger charge is 2.41. The molecule has 5 atom stereocenters. The number of ether oxygens (including phenoxy) is 3. The van der Waals surface area contributed by atoms with E-state index in [0.29, 0.717) is 18.1 Å². The second kappa shape index (κ2) is 20.4. The van der Waals surface area contributed by atoms with Crippen LogP contribution in [0.25, 0.3) is 0 Å². The lowest BCUT2D eigenvalue weighted by molar-refractivity contribution is -0.166. The molecule has 2 saturated carbocycles. The van der Waals surface area contributed by atoms with E-state index in [1.165, 1.54) is 24.8 Å². The summed E-state index contributed by atoms with van der Waals surface area (Å²) in [5.74, 6) is 1.94. The molecular formula is C41H72O6. The molecule has 0 saturated heterocycles. The number of rotatable bonds is 12. The fraction of sp³-hybridized carbons (Fsp3) is 0.659. The Labute approximate surface area is 290 Å². The van der Waals surface area contributed by atoms with E-state index < -0.39 is 11.0 Å². The normalized spacial score (nSPS) is 19.0. The minimum absolute atomic E-state index is 0. The Balaban J connectivity index is -0.00000323. The number of carbonyl (C=O) groups excluding carboxylic acids is 2. The maximum Gasteiger partial charge on any atom is 0.344 e. The standard InChI is InChI=1S/C35H48O6.6CH4/c1-7-24(25-10-14-29(36)15-11-25)20-28(21-35(5,6)33(38)41-34(2,3)4)26-12-16-30(17-13-26)39-22-32(37)40-31-19-23-8-9-27(31)18-23;;;;;;/h10-17,23-24,27-28,31,36H,7-9,18-22H2,1-6H3;6*1H4. The molecular weight excluding hydrogens is 588 g/mol. The summed E-state index contributed by atoms with van der Waals surface area (Å²) in [6.45, 7) is 11.7. The van der Waals surface area contributed by atoms with Crippen LogP contribution in [0.4, 0.5) is 0 Å². The first kappa shape index (κ1) is 48.4. The Kier molecular flexibility index (Phi) is 21.0. The number of phenolic OH excluding ortho intramolecular Hbond substituents is 1. The molecule has 0 aliphatic heterocycles. The molecule has 2 aliphatic carbocycles. The van der Waals surface area contributed by atoms with Crippen molar-refractivity contribution in [2.24, 2.45) is 17.3 Å². The molecule has 2 aliphatic rings. The van der Waals surface area contributed by atoms with Gasteiger partial charge in [-0.2, -0.15) is 0 Å². The van der Waals surface area contributed by atoms with Gasteiger partial charge in [-0.3, -0.25) is 4.79 Å². The molecule has 47 heavy (non-hydrogen) atoms. The van der Waals surface area contributed by atoms with Gasteiger partial charge in [0, 0.05) is 0 Å².